The number of aliphatic hydroxyl groups is 1. The predicted molar refractivity (Wildman–Crippen MR) is 65.5 cm³/mol. The molecule has 4 radical (unpaired) electrons. The van der Waals surface area contributed by atoms with E-state index in [0.29, 0.717) is 17.5 Å². The smallest absolute Gasteiger partial charge is 0.328 e. The fourth-order valence-corrected chi connectivity index (χ4v) is 1.97. The summed E-state index contributed by atoms with van der Waals surface area (Å²) in [4.78, 5) is 14.1. The lowest BCUT2D eigenvalue weighted by Gasteiger charge is -2.26. The van der Waals surface area contributed by atoms with E-state index in [1.165, 1.54) is 4.57 Å². The highest BCUT2D eigenvalue weighted by Gasteiger charge is 2.35. The zero-order valence-electron chi connectivity index (χ0n) is 9.00. The Morgan fingerprint density at radius 1 is 1.59 bits per heavy atom. The highest BCUT2D eigenvalue weighted by Crippen LogP contribution is 2.30. The van der Waals surface area contributed by atoms with E-state index in [4.69, 9.17) is 32.6 Å². The second-order valence-electron chi connectivity index (χ2n) is 4.06. The third-order valence-electron chi connectivity index (χ3n) is 2.67. The van der Waals surface area contributed by atoms with E-state index in [9.17, 15) is 9.90 Å². The van der Waals surface area contributed by atoms with Gasteiger partial charge in [-0.05, 0) is 18.9 Å². The van der Waals surface area contributed by atoms with Gasteiger partial charge in [0.15, 0.2) is 0 Å². The van der Waals surface area contributed by atoms with Crippen molar-refractivity contribution in [2.75, 3.05) is 0 Å². The molecule has 2 atom stereocenters. The Labute approximate surface area is 106 Å². The molecule has 2 heterocycles. The lowest BCUT2D eigenvalue weighted by atomic mass is 9.61. The summed E-state index contributed by atoms with van der Waals surface area (Å²) in [6.45, 7) is 0. The molecule has 0 spiro atoms. The summed E-state index contributed by atoms with van der Waals surface area (Å²) < 4.78 is 7.16. The van der Waals surface area contributed by atoms with E-state index >= 15 is 0 Å². The highest BCUT2D eigenvalue weighted by atomic mass is 32.1. The molecule has 8 heteroatoms. The summed E-state index contributed by atoms with van der Waals surface area (Å²) in [5, 5.41) is 7.53. The summed E-state index contributed by atoms with van der Waals surface area (Å²) in [6.07, 6.45) is 1.39. The first kappa shape index (κ1) is 12.6. The van der Waals surface area contributed by atoms with Crippen LogP contribution in [0.2, 0.25) is 0 Å². The molecule has 2 unspecified atom stereocenters. The number of ether oxygens (including phenoxy) is 1. The lowest BCUT2D eigenvalue weighted by molar-refractivity contribution is -0.0502. The number of nitrogens with one attached hydrogen (secondary N) is 1. The van der Waals surface area contributed by atoms with Gasteiger partial charge in [0.05, 0.1) is 6.10 Å². The van der Waals surface area contributed by atoms with E-state index < -0.39 is 17.7 Å². The van der Waals surface area contributed by atoms with Crippen LogP contribution in [0.25, 0.3) is 0 Å². The number of nitrogens with zero attached hydrogens (tertiary/aromatic N) is 1. The van der Waals surface area contributed by atoms with Crippen LogP contribution < -0.4 is 5.69 Å². The standard InChI is InChI=1S/C9H10B2N2O3S/c10-9(11,15)5-1-2-7(16-5)13-4-3-6(17)12-8(13)14/h3-5,7,15H,1-2H2,(H,12,14,17). The fraction of sp³-hybridized carbons (Fsp3) is 0.556. The zero-order chi connectivity index (χ0) is 12.6. The van der Waals surface area contributed by atoms with Gasteiger partial charge in [0.25, 0.3) is 0 Å². The van der Waals surface area contributed by atoms with Crippen LogP contribution in [0.3, 0.4) is 0 Å². The molecule has 86 valence electrons. The molecule has 0 aromatic carbocycles. The van der Waals surface area contributed by atoms with Crippen molar-refractivity contribution < 1.29 is 9.84 Å². The average Bonchev–Trinajstić information content (AvgIpc) is 2.65. The first-order chi connectivity index (χ1) is 7.88. The van der Waals surface area contributed by atoms with Gasteiger partial charge < -0.3 is 9.84 Å². The summed E-state index contributed by atoms with van der Waals surface area (Å²) in [5.74, 6) is 0. The maximum Gasteiger partial charge on any atom is 0.328 e. The summed E-state index contributed by atoms with van der Waals surface area (Å²) in [7, 11) is 10.7. The van der Waals surface area contributed by atoms with Crippen LogP contribution >= 0.6 is 12.2 Å². The van der Waals surface area contributed by atoms with Crippen molar-refractivity contribution in [3.63, 3.8) is 0 Å². The minimum absolute atomic E-state index is 0.356. The van der Waals surface area contributed by atoms with Gasteiger partial charge in [0, 0.05) is 11.6 Å². The van der Waals surface area contributed by atoms with Gasteiger partial charge in [-0.2, -0.15) is 0 Å². The summed E-state index contributed by atoms with van der Waals surface area (Å²) in [6, 6.07) is 1.59. The number of rotatable bonds is 2. The van der Waals surface area contributed by atoms with Crippen LogP contribution in [0.1, 0.15) is 19.1 Å². The third-order valence-corrected chi connectivity index (χ3v) is 2.91. The topological polar surface area (TPSA) is 67.2 Å². The van der Waals surface area contributed by atoms with E-state index in [2.05, 4.69) is 4.98 Å². The molecule has 1 aromatic heterocycles. The van der Waals surface area contributed by atoms with Crippen LogP contribution in [-0.2, 0) is 4.74 Å². The largest absolute Gasteiger partial charge is 0.407 e. The Balaban J connectivity index is 2.21. The minimum Gasteiger partial charge on any atom is -0.407 e. The van der Waals surface area contributed by atoms with Crippen molar-refractivity contribution in [1.82, 2.24) is 9.55 Å². The molecule has 0 amide bonds. The minimum atomic E-state index is -1.89. The van der Waals surface area contributed by atoms with Crippen LogP contribution in [-0.4, -0.2) is 41.9 Å². The zero-order valence-corrected chi connectivity index (χ0v) is 9.81. The van der Waals surface area contributed by atoms with E-state index in [-0.39, 0.29) is 5.69 Å². The fourth-order valence-electron chi connectivity index (χ4n) is 1.82. The normalized spacial score (nSPS) is 25.0. The number of aromatic nitrogens is 2. The second kappa shape index (κ2) is 4.44. The van der Waals surface area contributed by atoms with Gasteiger partial charge in [0.2, 0.25) is 0 Å². The van der Waals surface area contributed by atoms with Crippen molar-refractivity contribution in [2.24, 2.45) is 0 Å². The monoisotopic (exact) mass is 248 g/mol. The van der Waals surface area contributed by atoms with E-state index in [0.717, 1.165) is 0 Å². The summed E-state index contributed by atoms with van der Waals surface area (Å²) >= 11 is 4.83. The molecule has 1 saturated heterocycles. The molecule has 0 bridgehead atoms. The van der Waals surface area contributed by atoms with Gasteiger partial charge in [-0.1, -0.05) is 12.2 Å². The molecule has 2 N–H and O–H groups in total. The van der Waals surface area contributed by atoms with Crippen molar-refractivity contribution in [1.29, 1.82) is 0 Å². The maximum absolute atomic E-state index is 11.6. The van der Waals surface area contributed by atoms with Crippen LogP contribution in [0.4, 0.5) is 0 Å². The number of hydrogen-bond acceptors (Lipinski definition) is 4. The van der Waals surface area contributed by atoms with Crippen LogP contribution in [0.15, 0.2) is 17.1 Å². The van der Waals surface area contributed by atoms with Gasteiger partial charge in [-0.25, -0.2) is 4.79 Å². The first-order valence-electron chi connectivity index (χ1n) is 5.15. The molecule has 5 nitrogen and oxygen atoms in total. The molecular weight excluding hydrogens is 238 g/mol. The van der Waals surface area contributed by atoms with Crippen LogP contribution in [0.5, 0.6) is 0 Å². The quantitative estimate of drug-likeness (QED) is 0.550. The van der Waals surface area contributed by atoms with E-state index in [1.807, 2.05) is 0 Å². The number of hydrogen-bond donors (Lipinski definition) is 2. The SMILES string of the molecule is [B]C([B])(O)C1CCC(n2ccc(=S)[nH]c2=O)O1. The summed E-state index contributed by atoms with van der Waals surface area (Å²) in [5.41, 5.74) is -0.360. The molecule has 1 aliphatic rings. The van der Waals surface area contributed by atoms with Crippen LogP contribution in [0, 0.1) is 4.64 Å². The number of aromatic amines is 1. The Kier molecular flexibility index (Phi) is 3.29. The van der Waals surface area contributed by atoms with Crippen molar-refractivity contribution in [3.8, 4) is 0 Å². The van der Waals surface area contributed by atoms with Crippen molar-refractivity contribution in [2.45, 2.75) is 30.6 Å². The van der Waals surface area contributed by atoms with Gasteiger partial charge in [0.1, 0.15) is 26.6 Å². The van der Waals surface area contributed by atoms with Crippen molar-refractivity contribution >= 4 is 27.9 Å². The van der Waals surface area contributed by atoms with Crippen molar-refractivity contribution in [3.05, 3.63) is 27.4 Å². The Bertz CT molecular complexity index is 522. The molecule has 1 aliphatic heterocycles. The molecule has 17 heavy (non-hydrogen) atoms. The average molecular weight is 248 g/mol. The van der Waals surface area contributed by atoms with E-state index in [1.54, 1.807) is 12.3 Å². The second-order valence-corrected chi connectivity index (χ2v) is 4.50. The first-order valence-corrected chi connectivity index (χ1v) is 5.56. The molecule has 0 aliphatic carbocycles. The Morgan fingerprint density at radius 3 is 2.82 bits per heavy atom. The van der Waals surface area contributed by atoms with Gasteiger partial charge >= 0.3 is 5.69 Å². The van der Waals surface area contributed by atoms with Gasteiger partial charge in [-0.15, -0.1) is 0 Å². The number of H-pyrrole nitrogens is 1. The molecule has 2 rings (SSSR count). The lowest BCUT2D eigenvalue weighted by Crippen LogP contribution is -2.43. The van der Waals surface area contributed by atoms with Gasteiger partial charge in [-0.3, -0.25) is 9.55 Å². The highest BCUT2D eigenvalue weighted by molar-refractivity contribution is 7.71. The predicted octanol–water partition coefficient (Wildman–Crippen LogP) is -0.433. The molecule has 0 saturated carbocycles. The molecule has 1 aromatic rings. The maximum atomic E-state index is 11.6. The Hall–Kier alpha value is -0.850. The third kappa shape index (κ3) is 2.70. The molecular formula is C9H10B2N2O3S. The Morgan fingerprint density at radius 2 is 2.29 bits per heavy atom. The molecule has 1 fully saturated rings.